The molecule has 0 saturated heterocycles. The summed E-state index contributed by atoms with van der Waals surface area (Å²) in [4.78, 5) is 17.4. The summed E-state index contributed by atoms with van der Waals surface area (Å²) in [5.74, 6) is 3.06. The van der Waals surface area contributed by atoms with Gasteiger partial charge in [0.25, 0.3) is 0 Å². The van der Waals surface area contributed by atoms with E-state index in [0.717, 1.165) is 61.8 Å². The lowest BCUT2D eigenvalue weighted by Gasteiger charge is -2.11. The van der Waals surface area contributed by atoms with Gasteiger partial charge in [0.2, 0.25) is 0 Å². The van der Waals surface area contributed by atoms with E-state index < -0.39 is 0 Å². The lowest BCUT2D eigenvalue weighted by molar-refractivity contribution is 0.393. The van der Waals surface area contributed by atoms with Crippen LogP contribution in [0, 0.1) is 20.8 Å². The largest absolute Gasteiger partial charge is 0.496 e. The maximum Gasteiger partial charge on any atom is 0.142 e. The molecule has 5 aromatic rings. The van der Waals surface area contributed by atoms with Crippen LogP contribution in [0.1, 0.15) is 48.7 Å². The number of aryl methyl sites for hydroxylation is 3. The van der Waals surface area contributed by atoms with Crippen molar-refractivity contribution >= 4 is 21.9 Å². The molecule has 0 amide bonds. The van der Waals surface area contributed by atoms with Crippen LogP contribution in [0.15, 0.2) is 23.0 Å². The lowest BCUT2D eigenvalue weighted by atomic mass is 10.0. The van der Waals surface area contributed by atoms with E-state index in [1.54, 1.807) is 13.4 Å². The quantitative estimate of drug-likeness (QED) is 0.437. The molecule has 0 unspecified atom stereocenters. The van der Waals surface area contributed by atoms with E-state index in [0.29, 0.717) is 12.2 Å². The van der Waals surface area contributed by atoms with Crippen molar-refractivity contribution < 1.29 is 9.26 Å². The third-order valence-corrected chi connectivity index (χ3v) is 5.72. The van der Waals surface area contributed by atoms with E-state index in [9.17, 15) is 0 Å². The minimum atomic E-state index is 0.214. The molecule has 1 N–H and O–H groups in total. The van der Waals surface area contributed by atoms with Crippen LogP contribution in [0.2, 0.25) is 0 Å². The van der Waals surface area contributed by atoms with Crippen molar-refractivity contribution in [2.24, 2.45) is 0 Å². The molecule has 164 valence electrons. The summed E-state index contributed by atoms with van der Waals surface area (Å²) in [6.07, 6.45) is 2.15. The highest BCUT2D eigenvalue weighted by atomic mass is 16.5. The van der Waals surface area contributed by atoms with Crippen molar-refractivity contribution in [3.8, 4) is 16.9 Å². The van der Waals surface area contributed by atoms with Crippen LogP contribution in [-0.2, 0) is 6.42 Å². The second kappa shape index (κ2) is 7.44. The van der Waals surface area contributed by atoms with Crippen LogP contribution in [0.4, 0.5) is 0 Å². The molecular formula is C23H25N7O2. The first-order valence-corrected chi connectivity index (χ1v) is 10.6. The molecule has 0 aliphatic rings. The van der Waals surface area contributed by atoms with Gasteiger partial charge in [-0.3, -0.25) is 0 Å². The fraction of sp³-hybridized carbons (Fsp3) is 0.348. The Kier molecular flexibility index (Phi) is 4.69. The van der Waals surface area contributed by atoms with Gasteiger partial charge in [-0.2, -0.15) is 5.10 Å². The summed E-state index contributed by atoms with van der Waals surface area (Å²) in [7, 11) is 1.67. The summed E-state index contributed by atoms with van der Waals surface area (Å²) < 4.78 is 13.1. The zero-order valence-corrected chi connectivity index (χ0v) is 19.0. The number of aromatic amines is 1. The number of methoxy groups -OCH3 is 1. The summed E-state index contributed by atoms with van der Waals surface area (Å²) in [6, 6.07) is 4.31. The van der Waals surface area contributed by atoms with Gasteiger partial charge in [-0.05, 0) is 46.8 Å². The number of rotatable bonds is 5. The predicted octanol–water partition coefficient (Wildman–Crippen LogP) is 4.46. The van der Waals surface area contributed by atoms with Gasteiger partial charge >= 0.3 is 0 Å². The Labute approximate surface area is 184 Å². The number of ether oxygens (including phenoxy) is 1. The number of fused-ring (bicyclic) bond motifs is 3. The maximum absolute atomic E-state index is 5.77. The highest BCUT2D eigenvalue weighted by molar-refractivity contribution is 6.09. The molecule has 0 spiro atoms. The lowest BCUT2D eigenvalue weighted by Crippen LogP contribution is -2.10. The molecular weight excluding hydrogens is 406 g/mol. The first-order valence-electron chi connectivity index (χ1n) is 10.6. The van der Waals surface area contributed by atoms with E-state index in [1.807, 2.05) is 31.5 Å². The number of hydrogen-bond acceptors (Lipinski definition) is 7. The average molecular weight is 432 g/mol. The second-order valence-electron chi connectivity index (χ2n) is 8.25. The molecule has 9 heteroatoms. The van der Waals surface area contributed by atoms with E-state index in [4.69, 9.17) is 14.2 Å². The van der Waals surface area contributed by atoms with E-state index >= 15 is 0 Å². The van der Waals surface area contributed by atoms with Crippen molar-refractivity contribution in [3.63, 3.8) is 0 Å². The SMILES string of the molecule is COc1cc2c(cc1-c1c(C)noc1C)[nH]c1nc(C)nc(Cc3ncnn3C(C)C)c12. The average Bonchev–Trinajstić information content (AvgIpc) is 3.43. The molecule has 1 aromatic carbocycles. The fourth-order valence-electron chi connectivity index (χ4n) is 4.36. The van der Waals surface area contributed by atoms with Gasteiger partial charge in [-0.25, -0.2) is 19.6 Å². The van der Waals surface area contributed by atoms with Crippen molar-refractivity contribution in [3.05, 3.63) is 47.3 Å². The van der Waals surface area contributed by atoms with Crippen molar-refractivity contribution in [1.82, 2.24) is 34.9 Å². The van der Waals surface area contributed by atoms with E-state index in [-0.39, 0.29) is 6.04 Å². The summed E-state index contributed by atoms with van der Waals surface area (Å²) in [5.41, 5.74) is 5.32. The van der Waals surface area contributed by atoms with E-state index in [1.165, 1.54) is 0 Å². The Hall–Kier alpha value is -3.75. The number of benzene rings is 1. The highest BCUT2D eigenvalue weighted by Gasteiger charge is 2.21. The Morgan fingerprint density at radius 2 is 1.97 bits per heavy atom. The number of nitrogens with zero attached hydrogens (tertiary/aromatic N) is 6. The van der Waals surface area contributed by atoms with Gasteiger partial charge in [0.05, 0.1) is 30.5 Å². The first-order chi connectivity index (χ1) is 15.4. The van der Waals surface area contributed by atoms with Crippen LogP contribution in [-0.4, -0.2) is 42.0 Å². The molecule has 0 radical (unpaired) electrons. The molecule has 0 bridgehead atoms. The van der Waals surface area contributed by atoms with Crippen LogP contribution in [0.3, 0.4) is 0 Å². The maximum atomic E-state index is 5.77. The molecule has 4 aromatic heterocycles. The topological polar surface area (TPSA) is 108 Å². The minimum Gasteiger partial charge on any atom is -0.496 e. The zero-order chi connectivity index (χ0) is 22.6. The Morgan fingerprint density at radius 3 is 2.66 bits per heavy atom. The van der Waals surface area contributed by atoms with Crippen LogP contribution >= 0.6 is 0 Å². The number of aromatic nitrogens is 7. The molecule has 0 aliphatic heterocycles. The van der Waals surface area contributed by atoms with Crippen molar-refractivity contribution in [2.75, 3.05) is 7.11 Å². The van der Waals surface area contributed by atoms with Gasteiger partial charge in [0.1, 0.15) is 35.1 Å². The third-order valence-electron chi connectivity index (χ3n) is 5.72. The Bertz CT molecular complexity index is 1440. The molecule has 0 fully saturated rings. The number of hydrogen-bond donors (Lipinski definition) is 1. The Morgan fingerprint density at radius 1 is 1.16 bits per heavy atom. The van der Waals surface area contributed by atoms with Gasteiger partial charge < -0.3 is 14.2 Å². The Balaban J connectivity index is 1.75. The number of H-pyrrole nitrogens is 1. The van der Waals surface area contributed by atoms with Gasteiger partial charge in [-0.1, -0.05) is 5.16 Å². The zero-order valence-electron chi connectivity index (χ0n) is 19.0. The first kappa shape index (κ1) is 20.2. The van der Waals surface area contributed by atoms with E-state index in [2.05, 4.69) is 45.1 Å². The molecule has 0 aliphatic carbocycles. The molecule has 5 rings (SSSR count). The van der Waals surface area contributed by atoms with Crippen molar-refractivity contribution in [2.45, 2.75) is 47.1 Å². The molecule has 0 atom stereocenters. The van der Waals surface area contributed by atoms with Gasteiger partial charge in [-0.15, -0.1) is 0 Å². The monoisotopic (exact) mass is 431 g/mol. The van der Waals surface area contributed by atoms with Crippen LogP contribution in [0.5, 0.6) is 5.75 Å². The molecule has 9 nitrogen and oxygen atoms in total. The summed E-state index contributed by atoms with van der Waals surface area (Å²) in [5, 5.41) is 10.4. The summed E-state index contributed by atoms with van der Waals surface area (Å²) >= 11 is 0. The fourth-order valence-corrected chi connectivity index (χ4v) is 4.36. The minimum absolute atomic E-state index is 0.214. The van der Waals surface area contributed by atoms with Gasteiger partial charge in [0.15, 0.2) is 0 Å². The number of nitrogens with one attached hydrogen (secondary N) is 1. The second-order valence-corrected chi connectivity index (χ2v) is 8.25. The standard InChI is InChI=1S/C23H25N7O2/c1-11(2)30-20(24-10-25-30)9-18-22-15-8-19(31-6)16(21-12(3)29-32-13(21)4)7-17(15)28-23(22)27-14(5)26-18/h7-8,10-11H,9H2,1-6H3,(H,26,27,28). The van der Waals surface area contributed by atoms with Gasteiger partial charge in [0, 0.05) is 27.9 Å². The van der Waals surface area contributed by atoms with Crippen LogP contribution < -0.4 is 4.74 Å². The normalized spacial score (nSPS) is 11.8. The predicted molar refractivity (Wildman–Crippen MR) is 121 cm³/mol. The molecule has 32 heavy (non-hydrogen) atoms. The van der Waals surface area contributed by atoms with Crippen LogP contribution in [0.25, 0.3) is 33.1 Å². The highest BCUT2D eigenvalue weighted by Crippen LogP contribution is 2.40. The third kappa shape index (κ3) is 3.12. The molecule has 0 saturated carbocycles. The summed E-state index contributed by atoms with van der Waals surface area (Å²) in [6.45, 7) is 9.91. The van der Waals surface area contributed by atoms with Crippen molar-refractivity contribution in [1.29, 1.82) is 0 Å². The molecule has 4 heterocycles. The smallest absolute Gasteiger partial charge is 0.142 e.